The maximum Gasteiger partial charge on any atom is 0.308 e. The summed E-state index contributed by atoms with van der Waals surface area (Å²) in [6.45, 7) is 4.16. The Morgan fingerprint density at radius 2 is 1.91 bits per heavy atom. The molecule has 1 aromatic carbocycles. The first kappa shape index (κ1) is 22.0. The van der Waals surface area contributed by atoms with E-state index in [-0.39, 0.29) is 23.9 Å². The van der Waals surface area contributed by atoms with E-state index in [0.29, 0.717) is 39.1 Å². The number of carbonyl (C=O) groups excluding carboxylic acids is 2. The number of aliphatic carboxylic acids is 1. The van der Waals surface area contributed by atoms with Crippen molar-refractivity contribution in [1.82, 2.24) is 10.2 Å². The number of nitro benzene ring substituents is 1. The van der Waals surface area contributed by atoms with Crippen molar-refractivity contribution in [3.05, 3.63) is 33.9 Å². The van der Waals surface area contributed by atoms with Gasteiger partial charge in [-0.15, -0.1) is 0 Å². The SMILES string of the molecule is Cc1cc([N+](=O)[O-])ccc1N1CCN(C(=O)C2NCC3(CC2C(=O)O)CC3C(N)=O)CC1. The molecule has 2 aliphatic heterocycles. The average molecular weight is 445 g/mol. The molecular formula is C21H27N5O6. The fourth-order valence-electron chi connectivity index (χ4n) is 5.22. The third-order valence-corrected chi connectivity index (χ3v) is 7.14. The fraction of sp³-hybridized carbons (Fsp3) is 0.571. The first-order valence-electron chi connectivity index (χ1n) is 10.7. The summed E-state index contributed by atoms with van der Waals surface area (Å²) in [6, 6.07) is 3.89. The number of hydrogen-bond acceptors (Lipinski definition) is 7. The molecule has 0 radical (unpaired) electrons. The molecule has 4 atom stereocenters. The normalized spacial score (nSPS) is 29.6. The second-order valence-electron chi connectivity index (χ2n) is 9.07. The molecule has 1 aromatic rings. The Morgan fingerprint density at radius 1 is 1.22 bits per heavy atom. The van der Waals surface area contributed by atoms with Crippen LogP contribution >= 0.6 is 0 Å². The molecule has 4 N–H and O–H groups in total. The van der Waals surface area contributed by atoms with Crippen molar-refractivity contribution in [3.63, 3.8) is 0 Å². The van der Waals surface area contributed by atoms with Gasteiger partial charge in [0.25, 0.3) is 5.69 Å². The van der Waals surface area contributed by atoms with Crippen LogP contribution in [0.5, 0.6) is 0 Å². The van der Waals surface area contributed by atoms with Gasteiger partial charge in [-0.3, -0.25) is 24.5 Å². The van der Waals surface area contributed by atoms with Gasteiger partial charge in [-0.1, -0.05) is 0 Å². The number of nitrogens with one attached hydrogen (secondary N) is 1. The van der Waals surface area contributed by atoms with Gasteiger partial charge in [0.15, 0.2) is 0 Å². The van der Waals surface area contributed by atoms with Gasteiger partial charge in [-0.25, -0.2) is 0 Å². The van der Waals surface area contributed by atoms with Crippen LogP contribution in [-0.4, -0.2) is 71.5 Å². The van der Waals surface area contributed by atoms with Crippen LogP contribution in [0.15, 0.2) is 18.2 Å². The summed E-state index contributed by atoms with van der Waals surface area (Å²) < 4.78 is 0. The standard InChI is InChI=1S/C21H27N5O6/c1-12-8-13(26(31)32)2-3-16(12)24-4-6-25(7-5-24)19(28)17-14(20(29)30)9-21(11-23-17)10-15(21)18(22)27/h2-3,8,14-15,17,23H,4-7,9-11H2,1H3,(H2,22,27)(H,29,30). The molecule has 2 heterocycles. The summed E-state index contributed by atoms with van der Waals surface area (Å²) in [5.74, 6) is -2.95. The highest BCUT2D eigenvalue weighted by atomic mass is 16.6. The number of hydrogen-bond donors (Lipinski definition) is 3. The number of carboxylic acids is 1. The molecule has 0 bridgehead atoms. The largest absolute Gasteiger partial charge is 0.481 e. The number of nitro groups is 1. The topological polar surface area (TPSA) is 159 Å². The zero-order valence-electron chi connectivity index (χ0n) is 17.8. The van der Waals surface area contributed by atoms with Gasteiger partial charge in [0, 0.05) is 56.5 Å². The average Bonchev–Trinajstić information content (AvgIpc) is 3.46. The number of carboxylic acid groups (broad SMARTS) is 1. The molecule has 1 aliphatic carbocycles. The lowest BCUT2D eigenvalue weighted by Crippen LogP contribution is -2.60. The lowest BCUT2D eigenvalue weighted by atomic mass is 9.80. The number of non-ortho nitro benzene ring substituents is 1. The van der Waals surface area contributed by atoms with Crippen molar-refractivity contribution >= 4 is 29.2 Å². The van der Waals surface area contributed by atoms with Gasteiger partial charge in [-0.2, -0.15) is 0 Å². The van der Waals surface area contributed by atoms with Crippen molar-refractivity contribution in [2.45, 2.75) is 25.8 Å². The highest BCUT2D eigenvalue weighted by molar-refractivity contribution is 5.89. The van der Waals surface area contributed by atoms with Crippen LogP contribution in [0.4, 0.5) is 11.4 Å². The molecule has 1 spiro atoms. The molecule has 172 valence electrons. The summed E-state index contributed by atoms with van der Waals surface area (Å²) in [7, 11) is 0. The summed E-state index contributed by atoms with van der Waals surface area (Å²) in [5.41, 5.74) is 6.67. The van der Waals surface area contributed by atoms with E-state index in [1.807, 2.05) is 6.92 Å². The predicted molar refractivity (Wildman–Crippen MR) is 114 cm³/mol. The zero-order chi connectivity index (χ0) is 23.2. The number of piperidine rings is 1. The molecule has 4 rings (SSSR count). The van der Waals surface area contributed by atoms with E-state index in [1.54, 1.807) is 11.0 Å². The van der Waals surface area contributed by atoms with Gasteiger partial charge in [0.2, 0.25) is 11.8 Å². The van der Waals surface area contributed by atoms with Crippen LogP contribution in [0.1, 0.15) is 18.4 Å². The van der Waals surface area contributed by atoms with E-state index < -0.39 is 34.2 Å². The second kappa shape index (κ2) is 8.05. The monoisotopic (exact) mass is 445 g/mol. The summed E-state index contributed by atoms with van der Waals surface area (Å²) in [6.07, 6.45) is 0.828. The summed E-state index contributed by atoms with van der Waals surface area (Å²) in [5, 5.41) is 23.8. The maximum atomic E-state index is 13.2. The third-order valence-electron chi connectivity index (χ3n) is 7.14. The Morgan fingerprint density at radius 3 is 2.44 bits per heavy atom. The van der Waals surface area contributed by atoms with E-state index in [2.05, 4.69) is 10.2 Å². The lowest BCUT2D eigenvalue weighted by Gasteiger charge is -2.41. The highest BCUT2D eigenvalue weighted by Gasteiger charge is 2.62. The van der Waals surface area contributed by atoms with Gasteiger partial charge < -0.3 is 26.0 Å². The molecule has 1 saturated carbocycles. The fourth-order valence-corrected chi connectivity index (χ4v) is 5.22. The van der Waals surface area contributed by atoms with Crippen molar-refractivity contribution in [2.75, 3.05) is 37.6 Å². The molecule has 2 saturated heterocycles. The van der Waals surface area contributed by atoms with E-state index in [4.69, 9.17) is 5.73 Å². The first-order valence-corrected chi connectivity index (χ1v) is 10.7. The Kier molecular flexibility index (Phi) is 5.53. The van der Waals surface area contributed by atoms with Gasteiger partial charge in [0.1, 0.15) is 6.04 Å². The Balaban J connectivity index is 1.39. The van der Waals surface area contributed by atoms with Gasteiger partial charge in [0.05, 0.1) is 10.8 Å². The number of aryl methyl sites for hydroxylation is 1. The lowest BCUT2D eigenvalue weighted by molar-refractivity contribution is -0.384. The Hall–Kier alpha value is -3.21. The first-order chi connectivity index (χ1) is 15.1. The van der Waals surface area contributed by atoms with Crippen molar-refractivity contribution in [3.8, 4) is 0 Å². The summed E-state index contributed by atoms with van der Waals surface area (Å²) >= 11 is 0. The van der Waals surface area contributed by atoms with E-state index >= 15 is 0 Å². The number of piperazine rings is 1. The molecular weight excluding hydrogens is 418 g/mol. The number of amides is 2. The van der Waals surface area contributed by atoms with Crippen LogP contribution in [0.2, 0.25) is 0 Å². The van der Waals surface area contributed by atoms with Crippen molar-refractivity contribution in [1.29, 1.82) is 0 Å². The molecule has 4 unspecified atom stereocenters. The van der Waals surface area contributed by atoms with Crippen molar-refractivity contribution in [2.24, 2.45) is 23.0 Å². The van der Waals surface area contributed by atoms with E-state index in [0.717, 1.165) is 11.3 Å². The molecule has 11 nitrogen and oxygen atoms in total. The number of nitrogens with two attached hydrogens (primary N) is 1. The molecule has 11 heteroatoms. The minimum Gasteiger partial charge on any atom is -0.481 e. The quantitative estimate of drug-likeness (QED) is 0.425. The van der Waals surface area contributed by atoms with E-state index in [1.165, 1.54) is 12.1 Å². The van der Waals surface area contributed by atoms with Crippen molar-refractivity contribution < 1.29 is 24.4 Å². The van der Waals surface area contributed by atoms with Gasteiger partial charge >= 0.3 is 5.97 Å². The summed E-state index contributed by atoms with van der Waals surface area (Å²) in [4.78, 5) is 50.9. The minimum atomic E-state index is -1.05. The minimum absolute atomic E-state index is 0.0372. The molecule has 2 amide bonds. The smallest absolute Gasteiger partial charge is 0.308 e. The predicted octanol–water partition coefficient (Wildman–Crippen LogP) is 0.106. The Bertz CT molecular complexity index is 975. The molecule has 32 heavy (non-hydrogen) atoms. The number of carbonyl (C=O) groups is 3. The highest BCUT2D eigenvalue weighted by Crippen LogP contribution is 2.58. The van der Waals surface area contributed by atoms with Crippen LogP contribution in [0, 0.1) is 34.3 Å². The molecule has 3 fully saturated rings. The Labute approximate surface area is 184 Å². The number of anilines is 1. The molecule has 0 aromatic heterocycles. The zero-order valence-corrected chi connectivity index (χ0v) is 17.8. The van der Waals surface area contributed by atoms with Crippen LogP contribution in [-0.2, 0) is 14.4 Å². The second-order valence-corrected chi connectivity index (χ2v) is 9.07. The van der Waals surface area contributed by atoms with Gasteiger partial charge in [-0.05, 0) is 36.8 Å². The molecule has 3 aliphatic rings. The number of nitrogens with zero attached hydrogens (tertiary/aromatic N) is 3. The van der Waals surface area contributed by atoms with Crippen LogP contribution in [0.3, 0.4) is 0 Å². The number of benzene rings is 1. The maximum absolute atomic E-state index is 13.2. The van der Waals surface area contributed by atoms with Crippen LogP contribution in [0.25, 0.3) is 0 Å². The number of primary amides is 1. The van der Waals surface area contributed by atoms with Crippen LogP contribution < -0.4 is 16.0 Å². The third kappa shape index (κ3) is 3.88. The number of rotatable bonds is 5. The van der Waals surface area contributed by atoms with E-state index in [9.17, 15) is 29.6 Å².